The Kier molecular flexibility index (Phi) is 5.83. The van der Waals surface area contributed by atoms with Gasteiger partial charge in [-0.15, -0.1) is 11.3 Å². The normalized spacial score (nSPS) is 20.0. The highest BCUT2D eigenvalue weighted by molar-refractivity contribution is 7.16. The van der Waals surface area contributed by atoms with Gasteiger partial charge in [0.1, 0.15) is 6.10 Å². The van der Waals surface area contributed by atoms with E-state index in [1.807, 2.05) is 6.92 Å². The van der Waals surface area contributed by atoms with E-state index in [9.17, 15) is 4.79 Å². The summed E-state index contributed by atoms with van der Waals surface area (Å²) >= 11 is 1.49. The summed E-state index contributed by atoms with van der Waals surface area (Å²) in [4.78, 5) is 18.0. The van der Waals surface area contributed by atoms with Crippen molar-refractivity contribution in [3.8, 4) is 11.3 Å². The first kappa shape index (κ1) is 18.0. The number of carbonyl (C=O) groups is 1. The van der Waals surface area contributed by atoms with Crippen LogP contribution in [0.1, 0.15) is 36.6 Å². The number of carbonyl (C=O) groups excluding carboxylic acids is 1. The van der Waals surface area contributed by atoms with Crippen molar-refractivity contribution in [2.75, 3.05) is 11.9 Å². The van der Waals surface area contributed by atoms with Crippen LogP contribution in [0.2, 0.25) is 0 Å². The third-order valence-electron chi connectivity index (χ3n) is 4.46. The van der Waals surface area contributed by atoms with E-state index >= 15 is 0 Å². The molecule has 2 atom stereocenters. The summed E-state index contributed by atoms with van der Waals surface area (Å²) in [6.45, 7) is 4.66. The van der Waals surface area contributed by atoms with Crippen molar-refractivity contribution in [3.63, 3.8) is 0 Å². The summed E-state index contributed by atoms with van der Waals surface area (Å²) in [5, 5.41) is 3.51. The smallest absolute Gasteiger partial charge is 0.255 e. The van der Waals surface area contributed by atoms with E-state index in [2.05, 4.69) is 41.5 Å². The van der Waals surface area contributed by atoms with Gasteiger partial charge < -0.3 is 10.5 Å². The highest BCUT2D eigenvalue weighted by Crippen LogP contribution is 2.31. The van der Waals surface area contributed by atoms with Crippen LogP contribution in [0.15, 0.2) is 24.3 Å². The van der Waals surface area contributed by atoms with Crippen molar-refractivity contribution in [2.24, 2.45) is 5.73 Å². The molecule has 6 heteroatoms. The molecule has 25 heavy (non-hydrogen) atoms. The van der Waals surface area contributed by atoms with Crippen LogP contribution in [0.25, 0.3) is 11.3 Å². The number of hydrogen-bond acceptors (Lipinski definition) is 5. The molecule has 1 amide bonds. The second-order valence-electron chi connectivity index (χ2n) is 6.42. The summed E-state index contributed by atoms with van der Waals surface area (Å²) < 4.78 is 5.64. The number of anilines is 1. The Morgan fingerprint density at radius 1 is 1.36 bits per heavy atom. The maximum atomic E-state index is 12.3. The first-order chi connectivity index (χ1) is 12.1. The van der Waals surface area contributed by atoms with Crippen molar-refractivity contribution in [3.05, 3.63) is 34.7 Å². The summed E-state index contributed by atoms with van der Waals surface area (Å²) in [6.07, 6.45) is 3.34. The van der Waals surface area contributed by atoms with Crippen LogP contribution in [0.5, 0.6) is 0 Å². The fourth-order valence-corrected chi connectivity index (χ4v) is 3.93. The zero-order valence-corrected chi connectivity index (χ0v) is 15.6. The van der Waals surface area contributed by atoms with Crippen molar-refractivity contribution < 1.29 is 9.53 Å². The monoisotopic (exact) mass is 359 g/mol. The lowest BCUT2D eigenvalue weighted by Gasteiger charge is -2.11. The van der Waals surface area contributed by atoms with Gasteiger partial charge in [0, 0.05) is 17.0 Å². The molecule has 1 aliphatic heterocycles. The number of aromatic nitrogens is 1. The van der Waals surface area contributed by atoms with Crippen LogP contribution >= 0.6 is 11.3 Å². The predicted octanol–water partition coefficient (Wildman–Crippen LogP) is 3.52. The molecule has 3 N–H and O–H groups in total. The quantitative estimate of drug-likeness (QED) is 0.827. The predicted molar refractivity (Wildman–Crippen MR) is 102 cm³/mol. The van der Waals surface area contributed by atoms with E-state index in [0.29, 0.717) is 18.1 Å². The molecule has 1 aromatic carbocycles. The lowest BCUT2D eigenvalue weighted by atomic mass is 10.1. The molecular formula is C19H25N3O2S. The lowest BCUT2D eigenvalue weighted by Crippen LogP contribution is -2.29. The summed E-state index contributed by atoms with van der Waals surface area (Å²) in [6, 6.07) is 8.50. The average molecular weight is 359 g/mol. The SMILES string of the molecule is CCCc1ccc(-c2nc(NC(=O)[C@@H]3CC[C@H](CN)O3)sc2C)cc1. The van der Waals surface area contributed by atoms with Gasteiger partial charge in [0.05, 0.1) is 11.8 Å². The number of rotatable bonds is 6. The van der Waals surface area contributed by atoms with Crippen molar-refractivity contribution in [2.45, 2.75) is 51.7 Å². The van der Waals surface area contributed by atoms with Gasteiger partial charge in [0.15, 0.2) is 5.13 Å². The fraction of sp³-hybridized carbons (Fsp3) is 0.474. The maximum Gasteiger partial charge on any atom is 0.255 e. The number of aryl methyl sites for hydroxylation is 2. The number of nitrogens with zero attached hydrogens (tertiary/aromatic N) is 1. The Labute approximate surface area is 152 Å². The van der Waals surface area contributed by atoms with Gasteiger partial charge in [-0.05, 0) is 31.7 Å². The molecule has 0 spiro atoms. The highest BCUT2D eigenvalue weighted by Gasteiger charge is 2.30. The summed E-state index contributed by atoms with van der Waals surface area (Å²) in [5.41, 5.74) is 8.94. The molecule has 0 unspecified atom stereocenters. The number of nitrogens with one attached hydrogen (secondary N) is 1. The molecule has 0 saturated carbocycles. The van der Waals surface area contributed by atoms with Crippen LogP contribution in [0.4, 0.5) is 5.13 Å². The molecule has 0 bridgehead atoms. The van der Waals surface area contributed by atoms with Crippen LogP contribution in [-0.4, -0.2) is 29.6 Å². The van der Waals surface area contributed by atoms with Crippen molar-refractivity contribution >= 4 is 22.4 Å². The van der Waals surface area contributed by atoms with Gasteiger partial charge in [-0.1, -0.05) is 37.6 Å². The first-order valence-electron chi connectivity index (χ1n) is 8.83. The topological polar surface area (TPSA) is 77.2 Å². The summed E-state index contributed by atoms with van der Waals surface area (Å²) in [5.74, 6) is -0.130. The molecule has 2 heterocycles. The number of benzene rings is 1. The molecular weight excluding hydrogens is 334 g/mol. The maximum absolute atomic E-state index is 12.3. The van der Waals surface area contributed by atoms with Crippen LogP contribution in [0, 0.1) is 6.92 Å². The standard InChI is InChI=1S/C19H25N3O2S/c1-3-4-13-5-7-14(8-6-13)17-12(2)25-19(21-17)22-18(23)16-10-9-15(11-20)24-16/h5-8,15-16H,3-4,9-11,20H2,1-2H3,(H,21,22,23)/t15-,16+/m1/s1. The van der Waals surface area contributed by atoms with E-state index in [1.165, 1.54) is 16.9 Å². The van der Waals surface area contributed by atoms with E-state index in [0.717, 1.165) is 35.4 Å². The van der Waals surface area contributed by atoms with E-state index in [4.69, 9.17) is 10.5 Å². The van der Waals surface area contributed by atoms with Crippen molar-refractivity contribution in [1.29, 1.82) is 0 Å². The number of thiazole rings is 1. The first-order valence-corrected chi connectivity index (χ1v) is 9.65. The molecule has 0 aliphatic carbocycles. The largest absolute Gasteiger partial charge is 0.364 e. The van der Waals surface area contributed by atoms with Crippen LogP contribution in [-0.2, 0) is 16.0 Å². The number of amides is 1. The molecule has 0 radical (unpaired) electrons. The third-order valence-corrected chi connectivity index (χ3v) is 5.34. The average Bonchev–Trinajstić information content (AvgIpc) is 3.22. The molecule has 2 aromatic rings. The molecule has 3 rings (SSSR count). The number of ether oxygens (including phenoxy) is 1. The Hall–Kier alpha value is -1.76. The molecule has 5 nitrogen and oxygen atoms in total. The van der Waals surface area contributed by atoms with E-state index in [1.54, 1.807) is 0 Å². The van der Waals surface area contributed by atoms with E-state index in [-0.39, 0.29) is 12.0 Å². The highest BCUT2D eigenvalue weighted by atomic mass is 32.1. The van der Waals surface area contributed by atoms with Crippen LogP contribution in [0.3, 0.4) is 0 Å². The minimum atomic E-state index is -0.422. The van der Waals surface area contributed by atoms with Crippen molar-refractivity contribution in [1.82, 2.24) is 4.98 Å². The van der Waals surface area contributed by atoms with Gasteiger partial charge in [-0.2, -0.15) is 0 Å². The van der Waals surface area contributed by atoms with Gasteiger partial charge in [0.25, 0.3) is 5.91 Å². The second-order valence-corrected chi connectivity index (χ2v) is 7.62. The molecule has 1 fully saturated rings. The zero-order valence-electron chi connectivity index (χ0n) is 14.7. The Balaban J connectivity index is 1.68. The Bertz CT molecular complexity index is 727. The molecule has 134 valence electrons. The minimum Gasteiger partial charge on any atom is -0.364 e. The number of nitrogens with two attached hydrogens (primary N) is 1. The molecule has 1 aromatic heterocycles. The number of hydrogen-bond donors (Lipinski definition) is 2. The van der Waals surface area contributed by atoms with E-state index < -0.39 is 6.10 Å². The van der Waals surface area contributed by atoms with Gasteiger partial charge in [-0.3, -0.25) is 10.1 Å². The Morgan fingerprint density at radius 3 is 2.76 bits per heavy atom. The fourth-order valence-electron chi connectivity index (χ4n) is 3.09. The molecule has 1 aliphatic rings. The third kappa shape index (κ3) is 4.26. The van der Waals surface area contributed by atoms with Crippen LogP contribution < -0.4 is 11.1 Å². The van der Waals surface area contributed by atoms with Gasteiger partial charge >= 0.3 is 0 Å². The minimum absolute atomic E-state index is 0.00835. The Morgan fingerprint density at radius 2 is 2.12 bits per heavy atom. The van der Waals surface area contributed by atoms with Gasteiger partial charge in [0.2, 0.25) is 0 Å². The second kappa shape index (κ2) is 8.08. The lowest BCUT2D eigenvalue weighted by molar-refractivity contribution is -0.126. The summed E-state index contributed by atoms with van der Waals surface area (Å²) in [7, 11) is 0. The zero-order chi connectivity index (χ0) is 17.8. The van der Waals surface area contributed by atoms with Gasteiger partial charge in [-0.25, -0.2) is 4.98 Å². The molecule has 1 saturated heterocycles.